The van der Waals surface area contributed by atoms with Gasteiger partial charge in [-0.3, -0.25) is 4.79 Å². The van der Waals surface area contributed by atoms with Crippen LogP contribution in [0.25, 0.3) is 0 Å². The number of urea groups is 1. The molecular weight excluding hydrogens is 293 g/mol. The van der Waals surface area contributed by atoms with E-state index in [9.17, 15) is 22.8 Å². The molecule has 0 aromatic rings. The summed E-state index contributed by atoms with van der Waals surface area (Å²) < 4.78 is 37.4. The van der Waals surface area contributed by atoms with Crippen LogP contribution in [0.15, 0.2) is 0 Å². The van der Waals surface area contributed by atoms with Gasteiger partial charge in [0.2, 0.25) is 0 Å². The van der Waals surface area contributed by atoms with Gasteiger partial charge in [-0.25, -0.2) is 4.79 Å². The molecule has 1 aliphatic rings. The third-order valence-corrected chi connectivity index (χ3v) is 3.29. The fourth-order valence-electron chi connectivity index (χ4n) is 2.47. The summed E-state index contributed by atoms with van der Waals surface area (Å²) in [4.78, 5) is 24.4. The molecule has 1 fully saturated rings. The number of rotatable bonds is 6. The Morgan fingerprint density at radius 1 is 1.33 bits per heavy atom. The van der Waals surface area contributed by atoms with Crippen LogP contribution in [-0.2, 0) is 4.79 Å². The Kier molecular flexibility index (Phi) is 6.25. The number of amides is 2. The largest absolute Gasteiger partial charge is 0.480 e. The first-order chi connectivity index (χ1) is 9.74. The molecule has 0 aromatic heterocycles. The fourth-order valence-corrected chi connectivity index (χ4v) is 2.47. The minimum absolute atomic E-state index is 0.0556. The zero-order chi connectivity index (χ0) is 16.0. The Labute approximate surface area is 120 Å². The summed E-state index contributed by atoms with van der Waals surface area (Å²) >= 11 is 0. The van der Waals surface area contributed by atoms with Gasteiger partial charge in [0.25, 0.3) is 0 Å². The summed E-state index contributed by atoms with van der Waals surface area (Å²) in [5, 5.41) is 17.5. The number of alkyl halides is 3. The quantitative estimate of drug-likeness (QED) is 0.774. The van der Waals surface area contributed by atoms with Crippen molar-refractivity contribution in [2.45, 2.75) is 37.9 Å². The first kappa shape index (κ1) is 17.5. The zero-order valence-corrected chi connectivity index (χ0v) is 11.5. The molecule has 2 N–H and O–H groups in total. The molecular formula is C12H19F3N2O4. The Morgan fingerprint density at radius 3 is 2.52 bits per heavy atom. The lowest BCUT2D eigenvalue weighted by Crippen LogP contribution is -2.50. The average Bonchev–Trinajstić information content (AvgIpc) is 2.80. The third kappa shape index (κ3) is 5.78. The number of aliphatic hydroxyl groups excluding tert-OH is 1. The van der Waals surface area contributed by atoms with Crippen molar-refractivity contribution in [2.24, 2.45) is 0 Å². The lowest BCUT2D eigenvalue weighted by Gasteiger charge is -2.31. The number of aliphatic hydroxyl groups is 1. The predicted molar refractivity (Wildman–Crippen MR) is 66.7 cm³/mol. The van der Waals surface area contributed by atoms with Gasteiger partial charge in [-0.2, -0.15) is 13.2 Å². The number of carbonyl (C=O) groups is 2. The molecule has 1 unspecified atom stereocenters. The van der Waals surface area contributed by atoms with E-state index in [0.29, 0.717) is 37.1 Å². The van der Waals surface area contributed by atoms with Gasteiger partial charge in [0.1, 0.15) is 13.1 Å². The van der Waals surface area contributed by atoms with Crippen LogP contribution in [-0.4, -0.2) is 70.5 Å². The van der Waals surface area contributed by atoms with Gasteiger partial charge in [-0.15, -0.1) is 0 Å². The maximum atomic E-state index is 12.5. The van der Waals surface area contributed by atoms with Crippen LogP contribution in [0.2, 0.25) is 0 Å². The zero-order valence-electron chi connectivity index (χ0n) is 11.5. The minimum Gasteiger partial charge on any atom is -0.480 e. The highest BCUT2D eigenvalue weighted by Gasteiger charge is 2.38. The highest BCUT2D eigenvalue weighted by molar-refractivity contribution is 5.80. The van der Waals surface area contributed by atoms with Gasteiger partial charge in [-0.05, 0) is 25.7 Å². The minimum atomic E-state index is -4.65. The fraction of sp³-hybridized carbons (Fsp3) is 0.833. The number of likely N-dealkylation sites (tertiary alicyclic amines) is 1. The van der Waals surface area contributed by atoms with Crippen LogP contribution < -0.4 is 0 Å². The molecule has 0 spiro atoms. The molecule has 0 radical (unpaired) electrons. The number of carboxylic acids is 1. The van der Waals surface area contributed by atoms with Crippen LogP contribution in [0.1, 0.15) is 25.7 Å². The van der Waals surface area contributed by atoms with Crippen molar-refractivity contribution >= 4 is 12.0 Å². The van der Waals surface area contributed by atoms with E-state index in [4.69, 9.17) is 10.2 Å². The Hall–Kier alpha value is -1.51. The van der Waals surface area contributed by atoms with Crippen molar-refractivity contribution in [1.29, 1.82) is 0 Å². The van der Waals surface area contributed by atoms with E-state index >= 15 is 0 Å². The monoisotopic (exact) mass is 312 g/mol. The molecule has 1 heterocycles. The van der Waals surface area contributed by atoms with Crippen molar-refractivity contribution < 1.29 is 33.0 Å². The molecule has 21 heavy (non-hydrogen) atoms. The maximum Gasteiger partial charge on any atom is 0.406 e. The highest BCUT2D eigenvalue weighted by atomic mass is 19.4. The van der Waals surface area contributed by atoms with Crippen LogP contribution in [0, 0.1) is 0 Å². The second kappa shape index (κ2) is 7.48. The molecule has 2 amide bonds. The van der Waals surface area contributed by atoms with Gasteiger partial charge in [-0.1, -0.05) is 0 Å². The van der Waals surface area contributed by atoms with Crippen LogP contribution in [0.5, 0.6) is 0 Å². The Morgan fingerprint density at radius 2 is 2.00 bits per heavy atom. The number of aliphatic carboxylic acids is 1. The number of hydrogen-bond donors (Lipinski definition) is 2. The molecule has 1 aliphatic heterocycles. The van der Waals surface area contributed by atoms with Crippen molar-refractivity contribution in [3.05, 3.63) is 0 Å². The van der Waals surface area contributed by atoms with E-state index in [1.54, 1.807) is 0 Å². The summed E-state index contributed by atoms with van der Waals surface area (Å²) in [7, 11) is 0. The second-order valence-corrected chi connectivity index (χ2v) is 5.00. The maximum absolute atomic E-state index is 12.5. The first-order valence-electron chi connectivity index (χ1n) is 6.69. The van der Waals surface area contributed by atoms with E-state index in [1.165, 1.54) is 4.90 Å². The van der Waals surface area contributed by atoms with E-state index in [0.717, 1.165) is 0 Å². The molecule has 0 saturated carbocycles. The molecule has 122 valence electrons. The molecule has 6 nitrogen and oxygen atoms in total. The van der Waals surface area contributed by atoms with Crippen LogP contribution >= 0.6 is 0 Å². The Balaban J connectivity index is 2.75. The van der Waals surface area contributed by atoms with E-state index in [1.807, 2.05) is 0 Å². The summed E-state index contributed by atoms with van der Waals surface area (Å²) in [5.74, 6) is -1.49. The van der Waals surface area contributed by atoms with Gasteiger partial charge >= 0.3 is 18.2 Å². The summed E-state index contributed by atoms with van der Waals surface area (Å²) in [6, 6.07) is -1.15. The topological polar surface area (TPSA) is 81.1 Å². The highest BCUT2D eigenvalue weighted by Crippen LogP contribution is 2.24. The normalized spacial score (nSPS) is 18.9. The van der Waals surface area contributed by atoms with Crippen molar-refractivity contribution in [1.82, 2.24) is 9.80 Å². The molecule has 1 atom stereocenters. The first-order valence-corrected chi connectivity index (χ1v) is 6.69. The van der Waals surface area contributed by atoms with Crippen molar-refractivity contribution in [3.63, 3.8) is 0 Å². The second-order valence-electron chi connectivity index (χ2n) is 5.00. The standard InChI is InChI=1S/C12H19F3N2O4/c13-12(14,15)8-16(7-10(19)20)11(21)17-5-1-3-9(17)4-2-6-18/h9,18H,1-8H2,(H,19,20). The summed E-state index contributed by atoms with van der Waals surface area (Å²) in [5.41, 5.74) is 0. The van der Waals surface area contributed by atoms with E-state index < -0.39 is 31.3 Å². The van der Waals surface area contributed by atoms with Gasteiger partial charge in [0, 0.05) is 19.2 Å². The molecule has 0 aliphatic carbocycles. The van der Waals surface area contributed by atoms with Gasteiger partial charge in [0.15, 0.2) is 0 Å². The molecule has 1 rings (SSSR count). The molecule has 0 bridgehead atoms. The average molecular weight is 312 g/mol. The summed E-state index contributed by atoms with van der Waals surface area (Å²) in [6.45, 7) is -2.31. The van der Waals surface area contributed by atoms with E-state index in [2.05, 4.69) is 0 Å². The third-order valence-electron chi connectivity index (χ3n) is 3.29. The number of carbonyl (C=O) groups excluding carboxylic acids is 1. The van der Waals surface area contributed by atoms with Crippen molar-refractivity contribution in [3.8, 4) is 0 Å². The number of hydrogen-bond acceptors (Lipinski definition) is 3. The van der Waals surface area contributed by atoms with Crippen LogP contribution in [0.4, 0.5) is 18.0 Å². The Bertz CT molecular complexity index is 376. The SMILES string of the molecule is O=C(O)CN(CC(F)(F)F)C(=O)N1CCCC1CCCO. The molecule has 9 heteroatoms. The number of nitrogens with zero attached hydrogens (tertiary/aromatic N) is 2. The van der Waals surface area contributed by atoms with Gasteiger partial charge < -0.3 is 20.0 Å². The predicted octanol–water partition coefficient (Wildman–Crippen LogP) is 1.29. The molecule has 0 aromatic carbocycles. The van der Waals surface area contributed by atoms with Crippen LogP contribution in [0.3, 0.4) is 0 Å². The lowest BCUT2D eigenvalue weighted by atomic mass is 10.1. The number of carboxylic acid groups (broad SMARTS) is 1. The summed E-state index contributed by atoms with van der Waals surface area (Å²) in [6.07, 6.45) is -2.39. The van der Waals surface area contributed by atoms with Gasteiger partial charge in [0.05, 0.1) is 0 Å². The number of halogens is 3. The lowest BCUT2D eigenvalue weighted by molar-refractivity contribution is -0.149. The smallest absolute Gasteiger partial charge is 0.406 e. The van der Waals surface area contributed by atoms with E-state index in [-0.39, 0.29) is 12.6 Å². The molecule has 1 saturated heterocycles. The van der Waals surface area contributed by atoms with Crippen molar-refractivity contribution in [2.75, 3.05) is 26.2 Å².